The first-order chi connectivity index (χ1) is 5.34. The first-order valence-corrected chi connectivity index (χ1v) is 4.31. The van der Waals surface area contributed by atoms with Crippen LogP contribution in [0, 0.1) is 0 Å². The topological polar surface area (TPSA) is 27.7 Å². The Kier molecular flexibility index (Phi) is 1.17. The maximum Gasteiger partial charge on any atom is 0.454 e. The lowest BCUT2D eigenvalue weighted by Gasteiger charge is -2.18. The second kappa shape index (κ2) is 2.00. The third kappa shape index (κ3) is 0.749. The van der Waals surface area contributed by atoms with Crippen LogP contribution in [0.15, 0.2) is 0 Å². The maximum atomic E-state index is 5.64. The molecule has 2 bridgehead atoms. The molecule has 3 aliphatic heterocycles. The second-order valence-electron chi connectivity index (χ2n) is 3.56. The van der Waals surface area contributed by atoms with Crippen molar-refractivity contribution in [2.24, 2.45) is 0 Å². The molecule has 3 rings (SSSR count). The molecule has 0 aromatic rings. The molecule has 4 unspecified atom stereocenters. The molecule has 3 fully saturated rings. The smallest absolute Gasteiger partial charge is 0.403 e. The molecule has 3 nitrogen and oxygen atoms in total. The summed E-state index contributed by atoms with van der Waals surface area (Å²) < 4.78 is 16.8. The summed E-state index contributed by atoms with van der Waals surface area (Å²) in [5, 5.41) is 0. The summed E-state index contributed by atoms with van der Waals surface area (Å²) in [6, 6.07) is 0. The molecule has 3 heterocycles. The second-order valence-corrected chi connectivity index (χ2v) is 3.56. The molecular weight excluding hydrogens is 143 g/mol. The van der Waals surface area contributed by atoms with Crippen LogP contribution in [0.4, 0.5) is 0 Å². The summed E-state index contributed by atoms with van der Waals surface area (Å²) in [5.41, 5.74) is 0. The van der Waals surface area contributed by atoms with Crippen LogP contribution in [-0.4, -0.2) is 31.5 Å². The fourth-order valence-corrected chi connectivity index (χ4v) is 2.40. The first-order valence-electron chi connectivity index (χ1n) is 4.31. The minimum absolute atomic E-state index is 0.0167. The third-order valence-electron chi connectivity index (χ3n) is 2.84. The van der Waals surface area contributed by atoms with Gasteiger partial charge in [0.1, 0.15) is 0 Å². The van der Waals surface area contributed by atoms with Crippen LogP contribution < -0.4 is 0 Å². The molecule has 0 aromatic carbocycles. The fraction of sp³-hybridized carbons (Fsp3) is 1.00. The molecule has 0 radical (unpaired) electrons. The number of fused-ring (bicyclic) bond motifs is 5. The van der Waals surface area contributed by atoms with E-state index >= 15 is 0 Å². The van der Waals surface area contributed by atoms with Crippen LogP contribution in [0.5, 0.6) is 0 Å². The molecule has 11 heavy (non-hydrogen) atoms. The Bertz CT molecular complexity index is 169. The summed E-state index contributed by atoms with van der Waals surface area (Å²) in [6.07, 6.45) is 3.45. The Hall–Kier alpha value is -0.0551. The summed E-state index contributed by atoms with van der Waals surface area (Å²) in [7, 11) is -0.0167. The van der Waals surface area contributed by atoms with Gasteiger partial charge < -0.3 is 14.0 Å². The predicted molar refractivity (Wildman–Crippen MR) is 39.3 cm³/mol. The maximum absolute atomic E-state index is 5.64. The Morgan fingerprint density at radius 2 is 1.64 bits per heavy atom. The Labute approximate surface area is 66.1 Å². The minimum atomic E-state index is -0.0167. The summed E-state index contributed by atoms with van der Waals surface area (Å²) >= 11 is 0. The highest BCUT2D eigenvalue weighted by Gasteiger charge is 2.55. The van der Waals surface area contributed by atoms with Gasteiger partial charge in [-0.3, -0.25) is 0 Å². The lowest BCUT2D eigenvalue weighted by Crippen LogP contribution is -2.33. The molecule has 4 heteroatoms. The fourth-order valence-electron chi connectivity index (χ4n) is 2.40. The van der Waals surface area contributed by atoms with Crippen LogP contribution in [0.3, 0.4) is 0 Å². The van der Waals surface area contributed by atoms with Crippen molar-refractivity contribution < 1.29 is 14.0 Å². The predicted octanol–water partition coefficient (Wildman–Crippen LogP) is 0.450. The Morgan fingerprint density at radius 3 is 2.18 bits per heavy atom. The van der Waals surface area contributed by atoms with E-state index in [1.807, 2.05) is 6.82 Å². The van der Waals surface area contributed by atoms with Gasteiger partial charge in [0.25, 0.3) is 0 Å². The SMILES string of the molecule is CB1OC2C3CCC(O3)C2O1. The number of hydrogen-bond acceptors (Lipinski definition) is 3. The van der Waals surface area contributed by atoms with Crippen LogP contribution in [0.1, 0.15) is 12.8 Å². The van der Waals surface area contributed by atoms with Gasteiger partial charge in [-0.1, -0.05) is 0 Å². The molecule has 0 amide bonds. The van der Waals surface area contributed by atoms with E-state index in [0.717, 1.165) is 12.8 Å². The quantitative estimate of drug-likeness (QED) is 0.474. The highest BCUT2D eigenvalue weighted by Crippen LogP contribution is 2.41. The molecule has 4 atom stereocenters. The monoisotopic (exact) mass is 154 g/mol. The van der Waals surface area contributed by atoms with Gasteiger partial charge in [-0.05, 0) is 19.7 Å². The molecule has 3 aliphatic rings. The highest BCUT2D eigenvalue weighted by atomic mass is 16.7. The molecule has 60 valence electrons. The van der Waals surface area contributed by atoms with Gasteiger partial charge in [0, 0.05) is 0 Å². The largest absolute Gasteiger partial charge is 0.454 e. The third-order valence-corrected chi connectivity index (χ3v) is 2.84. The van der Waals surface area contributed by atoms with Gasteiger partial charge in [-0.25, -0.2) is 0 Å². The first kappa shape index (κ1) is 6.46. The molecule has 0 saturated carbocycles. The summed E-state index contributed by atoms with van der Waals surface area (Å²) in [5.74, 6) is 0. The molecule has 0 N–H and O–H groups in total. The van der Waals surface area contributed by atoms with E-state index in [1.165, 1.54) is 0 Å². The average Bonchev–Trinajstić information content (AvgIpc) is 2.53. The van der Waals surface area contributed by atoms with Crippen molar-refractivity contribution in [3.05, 3.63) is 0 Å². The van der Waals surface area contributed by atoms with E-state index in [-0.39, 0.29) is 19.3 Å². The lowest BCUT2D eigenvalue weighted by atomic mass is 9.95. The van der Waals surface area contributed by atoms with Gasteiger partial charge >= 0.3 is 7.12 Å². The van der Waals surface area contributed by atoms with Crippen molar-refractivity contribution in [3.63, 3.8) is 0 Å². The van der Waals surface area contributed by atoms with E-state index in [4.69, 9.17) is 14.0 Å². The highest BCUT2D eigenvalue weighted by molar-refractivity contribution is 6.43. The average molecular weight is 154 g/mol. The van der Waals surface area contributed by atoms with Crippen LogP contribution in [0.25, 0.3) is 0 Å². The zero-order valence-corrected chi connectivity index (χ0v) is 6.53. The van der Waals surface area contributed by atoms with Crippen molar-refractivity contribution in [3.8, 4) is 0 Å². The van der Waals surface area contributed by atoms with Gasteiger partial charge in [0.05, 0.1) is 24.4 Å². The van der Waals surface area contributed by atoms with Crippen molar-refractivity contribution in [1.29, 1.82) is 0 Å². The van der Waals surface area contributed by atoms with Crippen LogP contribution >= 0.6 is 0 Å². The molecule has 3 saturated heterocycles. The standard InChI is InChI=1S/C7H11BO3/c1-8-10-6-4-2-3-5(9-4)7(6)11-8/h4-7H,2-3H2,1H3. The summed E-state index contributed by atoms with van der Waals surface area (Å²) in [6.45, 7) is 1.96. The van der Waals surface area contributed by atoms with Crippen molar-refractivity contribution >= 4 is 7.12 Å². The Balaban J connectivity index is 1.87. The lowest BCUT2D eigenvalue weighted by molar-refractivity contribution is 0.0499. The van der Waals surface area contributed by atoms with E-state index in [1.54, 1.807) is 0 Å². The van der Waals surface area contributed by atoms with E-state index in [2.05, 4.69) is 0 Å². The zero-order valence-electron chi connectivity index (χ0n) is 6.53. The number of ether oxygens (including phenoxy) is 1. The van der Waals surface area contributed by atoms with Gasteiger partial charge in [-0.15, -0.1) is 0 Å². The molecule has 0 aromatic heterocycles. The van der Waals surface area contributed by atoms with Crippen LogP contribution in [-0.2, 0) is 14.0 Å². The van der Waals surface area contributed by atoms with Crippen molar-refractivity contribution in [1.82, 2.24) is 0 Å². The zero-order chi connectivity index (χ0) is 7.42. The van der Waals surface area contributed by atoms with Crippen LogP contribution in [0.2, 0.25) is 6.82 Å². The molecular formula is C7H11BO3. The van der Waals surface area contributed by atoms with Crippen molar-refractivity contribution in [2.45, 2.75) is 44.1 Å². The van der Waals surface area contributed by atoms with E-state index < -0.39 is 0 Å². The summed E-state index contributed by atoms with van der Waals surface area (Å²) in [4.78, 5) is 0. The number of hydrogen-bond donors (Lipinski definition) is 0. The Morgan fingerprint density at radius 1 is 1.09 bits per heavy atom. The van der Waals surface area contributed by atoms with Gasteiger partial charge in [0.2, 0.25) is 0 Å². The normalized spacial score (nSPS) is 53.7. The van der Waals surface area contributed by atoms with E-state index in [0.29, 0.717) is 12.2 Å². The minimum Gasteiger partial charge on any atom is -0.403 e. The number of rotatable bonds is 0. The van der Waals surface area contributed by atoms with E-state index in [9.17, 15) is 0 Å². The molecule has 0 spiro atoms. The van der Waals surface area contributed by atoms with Gasteiger partial charge in [0.15, 0.2) is 0 Å². The van der Waals surface area contributed by atoms with Crippen molar-refractivity contribution in [2.75, 3.05) is 0 Å². The van der Waals surface area contributed by atoms with Gasteiger partial charge in [-0.2, -0.15) is 0 Å². The molecule has 0 aliphatic carbocycles.